The highest BCUT2D eigenvalue weighted by molar-refractivity contribution is 5.91. The first-order valence-corrected chi connectivity index (χ1v) is 13.6. The van der Waals surface area contributed by atoms with Gasteiger partial charge in [0.1, 0.15) is 34.6 Å². The standard InChI is InChI=1S/C33H34F4O2/c1-3-4-6-11-27-28(34)19-26(20-29(27)35)39-33(38)32-30(36)17-25(18-31(32)37)24-14-12-22(13-15-24)16-21(2)23-9-7-5-8-10-23/h3-5,7-10,17-22,24H,6,11-16H2,1-2H3/b4-3+/t21-,22?,24?/m0/s1. The monoisotopic (exact) mass is 538 g/mol. The normalized spacial score (nSPS) is 18.3. The Hall–Kier alpha value is -3.41. The van der Waals surface area contributed by atoms with Crippen LogP contribution in [0, 0.1) is 29.2 Å². The number of carbonyl (C=O) groups excluding carboxylic acids is 1. The predicted molar refractivity (Wildman–Crippen MR) is 145 cm³/mol. The number of rotatable bonds is 9. The van der Waals surface area contributed by atoms with Crippen molar-refractivity contribution in [3.63, 3.8) is 0 Å². The largest absolute Gasteiger partial charge is 0.423 e. The number of carbonyl (C=O) groups is 1. The van der Waals surface area contributed by atoms with E-state index in [-0.39, 0.29) is 17.9 Å². The third-order valence-corrected chi connectivity index (χ3v) is 7.76. The van der Waals surface area contributed by atoms with E-state index < -0.39 is 40.6 Å². The Bertz CT molecular complexity index is 1260. The van der Waals surface area contributed by atoms with E-state index in [1.165, 1.54) is 17.7 Å². The minimum atomic E-state index is -1.34. The van der Waals surface area contributed by atoms with Gasteiger partial charge in [-0.25, -0.2) is 22.4 Å². The van der Waals surface area contributed by atoms with Gasteiger partial charge in [0.2, 0.25) is 0 Å². The molecular weight excluding hydrogens is 504 g/mol. The first-order chi connectivity index (χ1) is 18.8. The Morgan fingerprint density at radius 2 is 1.54 bits per heavy atom. The summed E-state index contributed by atoms with van der Waals surface area (Å²) >= 11 is 0. The summed E-state index contributed by atoms with van der Waals surface area (Å²) in [6.07, 6.45) is 8.77. The Kier molecular flexibility index (Phi) is 9.60. The maximum atomic E-state index is 15.0. The van der Waals surface area contributed by atoms with Gasteiger partial charge in [-0.1, -0.05) is 49.4 Å². The van der Waals surface area contributed by atoms with Gasteiger partial charge < -0.3 is 4.74 Å². The third kappa shape index (κ3) is 7.17. The average Bonchev–Trinajstić information content (AvgIpc) is 2.90. The second kappa shape index (κ2) is 13.1. The van der Waals surface area contributed by atoms with Gasteiger partial charge in [-0.15, -0.1) is 0 Å². The van der Waals surface area contributed by atoms with E-state index in [9.17, 15) is 22.4 Å². The molecule has 3 aromatic rings. The van der Waals surface area contributed by atoms with E-state index >= 15 is 0 Å². The maximum Gasteiger partial charge on any atom is 0.349 e. The van der Waals surface area contributed by atoms with Crippen LogP contribution < -0.4 is 4.74 Å². The Labute approximate surface area is 227 Å². The molecule has 1 aliphatic carbocycles. The van der Waals surface area contributed by atoms with E-state index in [0.29, 0.717) is 23.8 Å². The Morgan fingerprint density at radius 3 is 2.13 bits per heavy atom. The number of hydrogen-bond donors (Lipinski definition) is 0. The topological polar surface area (TPSA) is 26.3 Å². The second-order valence-electron chi connectivity index (χ2n) is 10.5. The molecule has 0 aromatic heterocycles. The van der Waals surface area contributed by atoms with E-state index in [4.69, 9.17) is 4.74 Å². The SMILES string of the molecule is C/C=C/CCc1c(F)cc(OC(=O)c2c(F)cc(C3CCC(C[C@H](C)c4ccccc4)CC3)cc2F)cc1F. The van der Waals surface area contributed by atoms with E-state index in [1.54, 1.807) is 19.1 Å². The molecule has 0 aliphatic heterocycles. The molecule has 0 heterocycles. The fraction of sp³-hybridized carbons (Fsp3) is 0.364. The van der Waals surface area contributed by atoms with Crippen molar-refractivity contribution in [3.8, 4) is 5.75 Å². The van der Waals surface area contributed by atoms with E-state index in [0.717, 1.165) is 44.2 Å². The lowest BCUT2D eigenvalue weighted by Crippen LogP contribution is -2.17. The molecule has 0 saturated heterocycles. The number of hydrogen-bond acceptors (Lipinski definition) is 2. The van der Waals surface area contributed by atoms with Crippen molar-refractivity contribution < 1.29 is 27.1 Å². The van der Waals surface area contributed by atoms with Crippen LogP contribution in [0.3, 0.4) is 0 Å². The van der Waals surface area contributed by atoms with Crippen LogP contribution in [0.25, 0.3) is 0 Å². The highest BCUT2D eigenvalue weighted by atomic mass is 19.1. The van der Waals surface area contributed by atoms with Crippen LogP contribution >= 0.6 is 0 Å². The average molecular weight is 539 g/mol. The lowest BCUT2D eigenvalue weighted by Gasteiger charge is -2.30. The molecule has 1 aliphatic rings. The van der Waals surface area contributed by atoms with Gasteiger partial charge in [-0.2, -0.15) is 0 Å². The van der Waals surface area contributed by atoms with Crippen molar-refractivity contribution in [1.29, 1.82) is 0 Å². The molecule has 0 amide bonds. The Morgan fingerprint density at radius 1 is 0.923 bits per heavy atom. The van der Waals surface area contributed by atoms with Crippen LogP contribution in [0.5, 0.6) is 5.75 Å². The van der Waals surface area contributed by atoms with Crippen molar-refractivity contribution in [2.24, 2.45) is 5.92 Å². The summed E-state index contributed by atoms with van der Waals surface area (Å²) in [6.45, 7) is 4.03. The smallest absolute Gasteiger partial charge is 0.349 e. The molecular formula is C33H34F4O2. The van der Waals surface area contributed by atoms with Gasteiger partial charge in [-0.3, -0.25) is 0 Å². The number of allylic oxidation sites excluding steroid dienone is 2. The molecule has 3 aromatic carbocycles. The fourth-order valence-electron chi connectivity index (χ4n) is 5.60. The molecule has 1 fully saturated rings. The molecule has 0 radical (unpaired) electrons. The van der Waals surface area contributed by atoms with E-state index in [2.05, 4.69) is 19.1 Å². The van der Waals surface area contributed by atoms with Gasteiger partial charge in [0.25, 0.3) is 0 Å². The Balaban J connectivity index is 1.39. The van der Waals surface area contributed by atoms with E-state index in [1.807, 2.05) is 18.2 Å². The number of halogens is 4. The van der Waals surface area contributed by atoms with Crippen LogP contribution in [0.1, 0.15) is 91.3 Å². The molecule has 1 saturated carbocycles. The number of esters is 1. The van der Waals surface area contributed by atoms with Crippen LogP contribution in [-0.2, 0) is 6.42 Å². The molecule has 0 unspecified atom stereocenters. The summed E-state index contributed by atoms with van der Waals surface area (Å²) in [5, 5.41) is 0. The molecule has 39 heavy (non-hydrogen) atoms. The molecule has 0 N–H and O–H groups in total. The van der Waals surface area contributed by atoms with Gasteiger partial charge >= 0.3 is 5.97 Å². The molecule has 206 valence electrons. The molecule has 1 atom stereocenters. The fourth-order valence-corrected chi connectivity index (χ4v) is 5.60. The van der Waals surface area contributed by atoms with Crippen molar-refractivity contribution in [2.45, 2.75) is 70.6 Å². The number of ether oxygens (including phenoxy) is 1. The summed E-state index contributed by atoms with van der Waals surface area (Å²) in [6, 6.07) is 14.5. The minimum Gasteiger partial charge on any atom is -0.423 e. The first kappa shape index (κ1) is 28.6. The van der Waals surface area contributed by atoms with Crippen molar-refractivity contribution >= 4 is 5.97 Å². The highest BCUT2D eigenvalue weighted by Gasteiger charge is 2.28. The summed E-state index contributed by atoms with van der Waals surface area (Å²) in [5.74, 6) is -4.64. The zero-order valence-electron chi connectivity index (χ0n) is 22.4. The zero-order chi connectivity index (χ0) is 27.9. The summed E-state index contributed by atoms with van der Waals surface area (Å²) in [7, 11) is 0. The quantitative estimate of drug-likeness (QED) is 0.117. The van der Waals surface area contributed by atoms with Gasteiger partial charge in [-0.05, 0) is 92.9 Å². The highest BCUT2D eigenvalue weighted by Crippen LogP contribution is 2.40. The van der Waals surface area contributed by atoms with Crippen molar-refractivity contribution in [1.82, 2.24) is 0 Å². The number of benzene rings is 3. The third-order valence-electron chi connectivity index (χ3n) is 7.76. The summed E-state index contributed by atoms with van der Waals surface area (Å²) in [4.78, 5) is 12.6. The van der Waals surface area contributed by atoms with Crippen LogP contribution in [-0.4, -0.2) is 5.97 Å². The molecule has 0 spiro atoms. The van der Waals surface area contributed by atoms with Gasteiger partial charge in [0.15, 0.2) is 0 Å². The molecule has 6 heteroatoms. The lowest BCUT2D eigenvalue weighted by molar-refractivity contribution is 0.0723. The van der Waals surface area contributed by atoms with Crippen molar-refractivity contribution in [3.05, 3.63) is 112 Å². The maximum absolute atomic E-state index is 15.0. The molecule has 2 nitrogen and oxygen atoms in total. The summed E-state index contributed by atoms with van der Waals surface area (Å²) < 4.78 is 63.7. The molecule has 0 bridgehead atoms. The second-order valence-corrected chi connectivity index (χ2v) is 10.5. The lowest BCUT2D eigenvalue weighted by atomic mass is 9.75. The molecule has 4 rings (SSSR count). The van der Waals surface area contributed by atoms with Gasteiger partial charge in [0, 0.05) is 17.7 Å². The van der Waals surface area contributed by atoms with Crippen molar-refractivity contribution in [2.75, 3.05) is 0 Å². The summed E-state index contributed by atoms with van der Waals surface area (Å²) in [5.41, 5.74) is 0.816. The van der Waals surface area contributed by atoms with Crippen LogP contribution in [0.2, 0.25) is 0 Å². The minimum absolute atomic E-state index is 0.000594. The zero-order valence-corrected chi connectivity index (χ0v) is 22.4. The first-order valence-electron chi connectivity index (χ1n) is 13.6. The van der Waals surface area contributed by atoms with Crippen LogP contribution in [0.4, 0.5) is 17.6 Å². The van der Waals surface area contributed by atoms with Crippen LogP contribution in [0.15, 0.2) is 66.7 Å². The predicted octanol–water partition coefficient (Wildman–Crippen LogP) is 9.44. The van der Waals surface area contributed by atoms with Gasteiger partial charge in [0.05, 0.1) is 0 Å².